The van der Waals surface area contributed by atoms with Gasteiger partial charge in [0.1, 0.15) is 0 Å². The Kier molecular flexibility index (Phi) is 5.32. The normalized spacial score (nSPS) is 11.5. The lowest BCUT2D eigenvalue weighted by Gasteiger charge is -2.19. The van der Waals surface area contributed by atoms with Gasteiger partial charge in [0.2, 0.25) is 0 Å². The van der Waals surface area contributed by atoms with Crippen LogP contribution >= 0.6 is 0 Å². The third kappa shape index (κ3) is 5.28. The number of carbonyl (C=O) groups is 1. The highest BCUT2D eigenvalue weighted by Crippen LogP contribution is 2.18. The average molecular weight is 267 g/mol. The Morgan fingerprint density at radius 1 is 1.32 bits per heavy atom. The highest BCUT2D eigenvalue weighted by atomic mass is 16.5. The van der Waals surface area contributed by atoms with Gasteiger partial charge < -0.3 is 20.3 Å². The lowest BCUT2D eigenvalue weighted by molar-refractivity contribution is -0.0377. The predicted octanol–water partition coefficient (Wildman–Crippen LogP) is 2.30. The molecule has 0 atom stereocenters. The number of carboxylic acid groups (broad SMARTS) is 1. The maximum atomic E-state index is 11.1. The molecule has 0 aromatic heterocycles. The summed E-state index contributed by atoms with van der Waals surface area (Å²) in [4.78, 5) is 11.1. The van der Waals surface area contributed by atoms with E-state index < -0.39 is 5.97 Å². The zero-order chi connectivity index (χ0) is 14.5. The Balaban J connectivity index is 2.50. The minimum Gasteiger partial charge on any atom is -0.478 e. The minimum absolute atomic E-state index is 0.110. The predicted molar refractivity (Wildman–Crippen MR) is 73.2 cm³/mol. The van der Waals surface area contributed by atoms with E-state index in [1.54, 1.807) is 18.2 Å². The first-order valence-electron chi connectivity index (χ1n) is 6.13. The standard InChI is InChI=1S/C14H21NO4/c1-14(2,3)19-8-7-18-9-10-5-4-6-11(15)12(10)13(16)17/h4-6H,7-9,15H2,1-3H3,(H,16,17). The van der Waals surface area contributed by atoms with Crippen molar-refractivity contribution >= 4 is 11.7 Å². The number of hydrogen-bond acceptors (Lipinski definition) is 4. The molecule has 0 fully saturated rings. The largest absolute Gasteiger partial charge is 0.478 e. The van der Waals surface area contributed by atoms with Crippen LogP contribution in [0.2, 0.25) is 0 Å². The molecule has 5 heteroatoms. The Morgan fingerprint density at radius 2 is 2.00 bits per heavy atom. The molecule has 0 unspecified atom stereocenters. The van der Waals surface area contributed by atoms with Crippen LogP contribution in [0.5, 0.6) is 0 Å². The Morgan fingerprint density at radius 3 is 2.58 bits per heavy atom. The summed E-state index contributed by atoms with van der Waals surface area (Å²) < 4.78 is 10.9. The molecule has 0 bridgehead atoms. The SMILES string of the molecule is CC(C)(C)OCCOCc1cccc(N)c1C(=O)O. The molecular formula is C14H21NO4. The fraction of sp³-hybridized carbons (Fsp3) is 0.500. The van der Waals surface area contributed by atoms with Gasteiger partial charge in [0.25, 0.3) is 0 Å². The number of carboxylic acids is 1. The second kappa shape index (κ2) is 6.54. The smallest absolute Gasteiger partial charge is 0.338 e. The van der Waals surface area contributed by atoms with Gasteiger partial charge in [-0.25, -0.2) is 4.79 Å². The quantitative estimate of drug-likeness (QED) is 0.610. The van der Waals surface area contributed by atoms with Crippen molar-refractivity contribution in [3.05, 3.63) is 29.3 Å². The molecule has 106 valence electrons. The number of nitrogen functional groups attached to an aromatic ring is 1. The van der Waals surface area contributed by atoms with Crippen LogP contribution in [0.25, 0.3) is 0 Å². The summed E-state index contributed by atoms with van der Waals surface area (Å²) in [6.07, 6.45) is 0. The first-order valence-corrected chi connectivity index (χ1v) is 6.13. The summed E-state index contributed by atoms with van der Waals surface area (Å²) in [6, 6.07) is 4.98. The summed E-state index contributed by atoms with van der Waals surface area (Å²) in [5.74, 6) is -1.04. The Hall–Kier alpha value is -1.59. The lowest BCUT2D eigenvalue weighted by Crippen LogP contribution is -2.21. The van der Waals surface area contributed by atoms with Crippen LogP contribution in [-0.4, -0.2) is 29.9 Å². The zero-order valence-electron chi connectivity index (χ0n) is 11.6. The van der Waals surface area contributed by atoms with E-state index in [9.17, 15) is 4.79 Å². The molecule has 1 aromatic carbocycles. The second-order valence-corrected chi connectivity index (χ2v) is 5.20. The van der Waals surface area contributed by atoms with Gasteiger partial charge in [-0.05, 0) is 32.4 Å². The summed E-state index contributed by atoms with van der Waals surface area (Å²) in [6.45, 7) is 6.98. The molecular weight excluding hydrogens is 246 g/mol. The monoisotopic (exact) mass is 267 g/mol. The molecule has 0 aliphatic carbocycles. The van der Waals surface area contributed by atoms with E-state index in [0.29, 0.717) is 18.8 Å². The van der Waals surface area contributed by atoms with Crippen molar-refractivity contribution in [2.75, 3.05) is 18.9 Å². The molecule has 3 N–H and O–H groups in total. The molecule has 1 aromatic rings. The van der Waals surface area contributed by atoms with Crippen LogP contribution in [0.4, 0.5) is 5.69 Å². The molecule has 0 spiro atoms. The zero-order valence-corrected chi connectivity index (χ0v) is 11.6. The van der Waals surface area contributed by atoms with Crippen LogP contribution in [0.3, 0.4) is 0 Å². The van der Waals surface area contributed by atoms with Crippen molar-refractivity contribution in [1.29, 1.82) is 0 Å². The summed E-state index contributed by atoms with van der Waals surface area (Å²) in [5, 5.41) is 9.10. The summed E-state index contributed by atoms with van der Waals surface area (Å²) in [5.41, 5.74) is 6.38. The Bertz CT molecular complexity index is 438. The molecule has 0 aliphatic heterocycles. The minimum atomic E-state index is -1.04. The Labute approximate surface area is 113 Å². The van der Waals surface area contributed by atoms with E-state index in [1.807, 2.05) is 20.8 Å². The maximum Gasteiger partial charge on any atom is 0.338 e. The number of nitrogens with two attached hydrogens (primary N) is 1. The highest BCUT2D eigenvalue weighted by Gasteiger charge is 2.14. The van der Waals surface area contributed by atoms with Crippen molar-refractivity contribution in [2.24, 2.45) is 0 Å². The van der Waals surface area contributed by atoms with Gasteiger partial charge >= 0.3 is 5.97 Å². The van der Waals surface area contributed by atoms with Crippen molar-refractivity contribution in [3.63, 3.8) is 0 Å². The van der Waals surface area contributed by atoms with Crippen LogP contribution in [0.15, 0.2) is 18.2 Å². The van der Waals surface area contributed by atoms with Crippen LogP contribution in [0.1, 0.15) is 36.7 Å². The molecule has 0 saturated heterocycles. The highest BCUT2D eigenvalue weighted by molar-refractivity contribution is 5.95. The van der Waals surface area contributed by atoms with Crippen molar-refractivity contribution < 1.29 is 19.4 Å². The first kappa shape index (κ1) is 15.5. The van der Waals surface area contributed by atoms with Crippen molar-refractivity contribution in [3.8, 4) is 0 Å². The topological polar surface area (TPSA) is 81.8 Å². The van der Waals surface area contributed by atoms with E-state index in [4.69, 9.17) is 20.3 Å². The van der Waals surface area contributed by atoms with Gasteiger partial charge in [-0.2, -0.15) is 0 Å². The third-order valence-corrected chi connectivity index (χ3v) is 2.42. The molecule has 0 aliphatic rings. The van der Waals surface area contributed by atoms with Gasteiger partial charge in [-0.15, -0.1) is 0 Å². The first-order chi connectivity index (χ1) is 8.81. The van der Waals surface area contributed by atoms with E-state index in [1.165, 1.54) is 0 Å². The van der Waals surface area contributed by atoms with E-state index in [2.05, 4.69) is 0 Å². The number of anilines is 1. The number of rotatable bonds is 6. The number of aromatic carboxylic acids is 1. The van der Waals surface area contributed by atoms with Gasteiger partial charge in [-0.3, -0.25) is 0 Å². The third-order valence-electron chi connectivity index (χ3n) is 2.42. The second-order valence-electron chi connectivity index (χ2n) is 5.20. The lowest BCUT2D eigenvalue weighted by atomic mass is 10.1. The molecule has 19 heavy (non-hydrogen) atoms. The fourth-order valence-electron chi connectivity index (χ4n) is 1.59. The van der Waals surface area contributed by atoms with E-state index in [0.717, 1.165) is 0 Å². The van der Waals surface area contributed by atoms with Gasteiger partial charge in [-0.1, -0.05) is 12.1 Å². The number of ether oxygens (including phenoxy) is 2. The fourth-order valence-corrected chi connectivity index (χ4v) is 1.59. The van der Waals surface area contributed by atoms with Gasteiger partial charge in [0, 0.05) is 5.69 Å². The van der Waals surface area contributed by atoms with Gasteiger partial charge in [0.15, 0.2) is 0 Å². The number of benzene rings is 1. The molecule has 0 radical (unpaired) electrons. The maximum absolute atomic E-state index is 11.1. The van der Waals surface area contributed by atoms with E-state index >= 15 is 0 Å². The summed E-state index contributed by atoms with van der Waals surface area (Å²) >= 11 is 0. The summed E-state index contributed by atoms with van der Waals surface area (Å²) in [7, 11) is 0. The molecule has 1 rings (SSSR count). The van der Waals surface area contributed by atoms with Crippen LogP contribution in [0, 0.1) is 0 Å². The van der Waals surface area contributed by atoms with Crippen LogP contribution < -0.4 is 5.73 Å². The van der Waals surface area contributed by atoms with Crippen molar-refractivity contribution in [1.82, 2.24) is 0 Å². The molecule has 5 nitrogen and oxygen atoms in total. The average Bonchev–Trinajstić information content (AvgIpc) is 2.26. The van der Waals surface area contributed by atoms with Crippen molar-refractivity contribution in [2.45, 2.75) is 33.0 Å². The van der Waals surface area contributed by atoms with Gasteiger partial charge in [0.05, 0.1) is 31.0 Å². The molecule has 0 amide bonds. The van der Waals surface area contributed by atoms with Crippen LogP contribution in [-0.2, 0) is 16.1 Å². The molecule has 0 saturated carbocycles. The van der Waals surface area contributed by atoms with E-state index in [-0.39, 0.29) is 23.5 Å². The molecule has 0 heterocycles. The number of hydrogen-bond donors (Lipinski definition) is 2.